The van der Waals surface area contributed by atoms with Crippen molar-refractivity contribution < 1.29 is 19.0 Å². The fraction of sp³-hybridized carbons (Fsp3) is 0.222. The van der Waals surface area contributed by atoms with Gasteiger partial charge in [0.2, 0.25) is 5.91 Å². The lowest BCUT2D eigenvalue weighted by Gasteiger charge is -2.12. The number of ether oxygens (including phenoxy) is 3. The monoisotopic (exact) mass is 504 g/mol. The van der Waals surface area contributed by atoms with Gasteiger partial charge in [0, 0.05) is 16.9 Å². The molecule has 1 aromatic heterocycles. The molecule has 1 N–H and O–H groups in total. The average Bonchev–Trinajstić information content (AvgIpc) is 3.33. The molecule has 0 spiro atoms. The van der Waals surface area contributed by atoms with Crippen molar-refractivity contribution in [2.45, 2.75) is 19.0 Å². The zero-order valence-corrected chi connectivity index (χ0v) is 21.2. The standard InChI is InChI=1S/C27H28N4O4S/c1-4-34-23-14-8-20(9-15-23)28-25(32)18-36-27-30-29-26(19-6-12-22(33-3)13-7-19)31(27)21-10-16-24(17-11-21)35-5-2/h6-17H,4-5,18H2,1-3H3,(H,28,32). The minimum absolute atomic E-state index is 0.142. The maximum Gasteiger partial charge on any atom is 0.234 e. The summed E-state index contributed by atoms with van der Waals surface area (Å²) < 4.78 is 18.3. The Morgan fingerprint density at radius 1 is 0.833 bits per heavy atom. The molecule has 4 rings (SSSR count). The Morgan fingerprint density at radius 3 is 2.00 bits per heavy atom. The zero-order valence-electron chi connectivity index (χ0n) is 20.4. The number of carbonyl (C=O) groups is 1. The lowest BCUT2D eigenvalue weighted by atomic mass is 10.2. The van der Waals surface area contributed by atoms with E-state index in [-0.39, 0.29) is 11.7 Å². The Balaban J connectivity index is 1.55. The molecular formula is C27H28N4O4S. The summed E-state index contributed by atoms with van der Waals surface area (Å²) in [6, 6.07) is 22.6. The smallest absolute Gasteiger partial charge is 0.234 e. The number of carbonyl (C=O) groups excluding carboxylic acids is 1. The molecule has 8 nitrogen and oxygen atoms in total. The van der Waals surface area contributed by atoms with Crippen LogP contribution in [0.5, 0.6) is 17.2 Å². The topological polar surface area (TPSA) is 87.5 Å². The van der Waals surface area contributed by atoms with Crippen LogP contribution in [-0.2, 0) is 4.79 Å². The fourth-order valence-corrected chi connectivity index (χ4v) is 4.26. The Kier molecular flexibility index (Phi) is 8.46. The molecule has 0 aliphatic heterocycles. The van der Waals surface area contributed by atoms with E-state index in [0.29, 0.717) is 29.9 Å². The summed E-state index contributed by atoms with van der Waals surface area (Å²) in [5, 5.41) is 12.4. The van der Waals surface area contributed by atoms with Gasteiger partial charge in [-0.3, -0.25) is 9.36 Å². The van der Waals surface area contributed by atoms with E-state index in [0.717, 1.165) is 28.5 Å². The maximum atomic E-state index is 12.7. The summed E-state index contributed by atoms with van der Waals surface area (Å²) in [6.45, 7) is 5.06. The number of nitrogens with zero attached hydrogens (tertiary/aromatic N) is 3. The Morgan fingerprint density at radius 2 is 1.42 bits per heavy atom. The van der Waals surface area contributed by atoms with Crippen molar-refractivity contribution in [3.05, 3.63) is 72.8 Å². The van der Waals surface area contributed by atoms with Gasteiger partial charge < -0.3 is 19.5 Å². The van der Waals surface area contributed by atoms with Gasteiger partial charge >= 0.3 is 0 Å². The van der Waals surface area contributed by atoms with E-state index < -0.39 is 0 Å². The van der Waals surface area contributed by atoms with Crippen molar-refractivity contribution in [3.8, 4) is 34.3 Å². The number of benzene rings is 3. The predicted octanol–water partition coefficient (Wildman–Crippen LogP) is 5.47. The van der Waals surface area contributed by atoms with Crippen LogP contribution in [0.2, 0.25) is 0 Å². The van der Waals surface area contributed by atoms with Crippen LogP contribution in [0.3, 0.4) is 0 Å². The van der Waals surface area contributed by atoms with Crippen molar-refractivity contribution in [2.75, 3.05) is 31.4 Å². The van der Waals surface area contributed by atoms with Gasteiger partial charge in [-0.25, -0.2) is 0 Å². The van der Waals surface area contributed by atoms with Gasteiger partial charge in [-0.05, 0) is 86.6 Å². The van der Waals surface area contributed by atoms with E-state index in [1.807, 2.05) is 91.2 Å². The molecule has 0 bridgehead atoms. The van der Waals surface area contributed by atoms with Crippen molar-refractivity contribution >= 4 is 23.4 Å². The predicted molar refractivity (Wildman–Crippen MR) is 141 cm³/mol. The molecule has 9 heteroatoms. The molecule has 3 aromatic carbocycles. The highest BCUT2D eigenvalue weighted by Crippen LogP contribution is 2.30. The number of amides is 1. The Hall–Kier alpha value is -3.98. The van der Waals surface area contributed by atoms with Crippen molar-refractivity contribution in [3.63, 3.8) is 0 Å². The summed E-state index contributed by atoms with van der Waals surface area (Å²) in [5.74, 6) is 2.99. The first-order valence-corrected chi connectivity index (χ1v) is 12.6. The molecule has 0 saturated carbocycles. The van der Waals surface area contributed by atoms with Gasteiger partial charge in [-0.2, -0.15) is 0 Å². The van der Waals surface area contributed by atoms with Gasteiger partial charge in [0.25, 0.3) is 0 Å². The molecule has 4 aromatic rings. The zero-order chi connectivity index (χ0) is 25.3. The third-order valence-corrected chi connectivity index (χ3v) is 6.10. The van der Waals surface area contributed by atoms with Gasteiger partial charge in [0.05, 0.1) is 26.1 Å². The van der Waals surface area contributed by atoms with E-state index in [9.17, 15) is 4.79 Å². The molecule has 0 fully saturated rings. The number of aromatic nitrogens is 3. The highest BCUT2D eigenvalue weighted by molar-refractivity contribution is 7.99. The fourth-order valence-electron chi connectivity index (χ4n) is 3.51. The maximum absolute atomic E-state index is 12.7. The number of thioether (sulfide) groups is 1. The molecule has 0 unspecified atom stereocenters. The summed E-state index contributed by atoms with van der Waals surface area (Å²) in [6.07, 6.45) is 0. The molecule has 1 amide bonds. The number of hydrogen-bond donors (Lipinski definition) is 1. The second kappa shape index (κ2) is 12.1. The van der Waals surface area contributed by atoms with E-state index >= 15 is 0 Å². The first kappa shape index (κ1) is 25.1. The van der Waals surface area contributed by atoms with Crippen LogP contribution in [0.1, 0.15) is 13.8 Å². The lowest BCUT2D eigenvalue weighted by Crippen LogP contribution is -2.14. The molecule has 0 aliphatic rings. The van der Waals surface area contributed by atoms with Crippen LogP contribution in [0.15, 0.2) is 78.0 Å². The Bertz CT molecular complexity index is 1270. The molecule has 186 valence electrons. The van der Waals surface area contributed by atoms with E-state index in [4.69, 9.17) is 14.2 Å². The van der Waals surface area contributed by atoms with E-state index in [1.165, 1.54) is 11.8 Å². The first-order valence-electron chi connectivity index (χ1n) is 11.6. The average molecular weight is 505 g/mol. The van der Waals surface area contributed by atoms with Crippen LogP contribution >= 0.6 is 11.8 Å². The van der Waals surface area contributed by atoms with Gasteiger partial charge in [-0.1, -0.05) is 11.8 Å². The molecule has 0 aliphatic carbocycles. The summed E-state index contributed by atoms with van der Waals surface area (Å²) >= 11 is 1.31. The number of rotatable bonds is 11. The van der Waals surface area contributed by atoms with Crippen LogP contribution in [-0.4, -0.2) is 46.7 Å². The lowest BCUT2D eigenvalue weighted by molar-refractivity contribution is -0.113. The van der Waals surface area contributed by atoms with Crippen molar-refractivity contribution in [1.82, 2.24) is 14.8 Å². The normalized spacial score (nSPS) is 10.6. The third kappa shape index (κ3) is 6.17. The second-order valence-electron chi connectivity index (χ2n) is 7.59. The molecular weight excluding hydrogens is 476 g/mol. The summed E-state index contributed by atoms with van der Waals surface area (Å²) in [7, 11) is 1.63. The molecule has 36 heavy (non-hydrogen) atoms. The molecule has 0 radical (unpaired) electrons. The van der Waals surface area contributed by atoms with Gasteiger partial charge in [-0.15, -0.1) is 10.2 Å². The second-order valence-corrected chi connectivity index (χ2v) is 8.53. The number of nitrogens with one attached hydrogen (secondary N) is 1. The van der Waals surface area contributed by atoms with Crippen LogP contribution in [0.25, 0.3) is 17.1 Å². The van der Waals surface area contributed by atoms with Crippen LogP contribution in [0.4, 0.5) is 5.69 Å². The first-order chi connectivity index (χ1) is 17.6. The molecule has 1 heterocycles. The quantitative estimate of drug-likeness (QED) is 0.271. The van der Waals surface area contributed by atoms with Crippen molar-refractivity contribution in [2.24, 2.45) is 0 Å². The highest BCUT2D eigenvalue weighted by Gasteiger charge is 2.18. The minimum Gasteiger partial charge on any atom is -0.497 e. The van der Waals surface area contributed by atoms with Crippen molar-refractivity contribution in [1.29, 1.82) is 0 Å². The van der Waals surface area contributed by atoms with Gasteiger partial charge in [0.1, 0.15) is 17.2 Å². The SMILES string of the molecule is CCOc1ccc(NC(=O)CSc2nnc(-c3ccc(OC)cc3)n2-c2ccc(OCC)cc2)cc1. The number of methoxy groups -OCH3 is 1. The largest absolute Gasteiger partial charge is 0.497 e. The van der Waals surface area contributed by atoms with E-state index in [2.05, 4.69) is 15.5 Å². The van der Waals surface area contributed by atoms with Gasteiger partial charge in [0.15, 0.2) is 11.0 Å². The van der Waals surface area contributed by atoms with E-state index in [1.54, 1.807) is 7.11 Å². The highest BCUT2D eigenvalue weighted by atomic mass is 32.2. The third-order valence-electron chi connectivity index (χ3n) is 5.17. The van der Waals surface area contributed by atoms with Crippen LogP contribution < -0.4 is 19.5 Å². The summed E-state index contributed by atoms with van der Waals surface area (Å²) in [5.41, 5.74) is 2.45. The molecule has 0 atom stereocenters. The molecule has 0 saturated heterocycles. The number of anilines is 1. The summed E-state index contributed by atoms with van der Waals surface area (Å²) in [4.78, 5) is 12.7. The van der Waals surface area contributed by atoms with Crippen LogP contribution in [0, 0.1) is 0 Å². The number of hydrogen-bond acceptors (Lipinski definition) is 7. The Labute approximate surface area is 214 Å². The minimum atomic E-state index is -0.142.